The molecule has 0 amide bonds. The molecule has 0 aliphatic carbocycles. The molecule has 0 radical (unpaired) electrons. The number of rotatable bonds is 3. The van der Waals surface area contributed by atoms with E-state index in [1.54, 1.807) is 12.1 Å². The van der Waals surface area contributed by atoms with Gasteiger partial charge in [0.2, 0.25) is 0 Å². The lowest BCUT2D eigenvalue weighted by atomic mass is 10.2. The Hall–Kier alpha value is -1.45. The number of methoxy groups -OCH3 is 1. The molecule has 0 saturated heterocycles. The number of benzene rings is 1. The van der Waals surface area contributed by atoms with Crippen molar-refractivity contribution in [2.24, 2.45) is 0 Å². The predicted octanol–water partition coefficient (Wildman–Crippen LogP) is 4.25. The zero-order valence-electron chi connectivity index (χ0n) is 10.4. The third kappa shape index (κ3) is 2.94. The Bertz CT molecular complexity index is 632. The van der Waals surface area contributed by atoms with Gasteiger partial charge in [-0.2, -0.15) is 0 Å². The van der Waals surface area contributed by atoms with Crippen LogP contribution in [0.4, 0.5) is 4.79 Å². The topological polar surface area (TPSA) is 31.2 Å². The number of allylic oxidation sites excluding steroid dienone is 2. The van der Waals surface area contributed by atoms with E-state index in [1.165, 1.54) is 11.7 Å². The van der Waals surface area contributed by atoms with Crippen molar-refractivity contribution in [3.05, 3.63) is 47.1 Å². The maximum Gasteiger partial charge on any atom is 0.418 e. The molecule has 1 aromatic heterocycles. The van der Waals surface area contributed by atoms with E-state index < -0.39 is 6.09 Å². The lowest BCUT2D eigenvalue weighted by Gasteiger charge is -2.06. The molecule has 100 valence electrons. The molecule has 5 heteroatoms. The summed E-state index contributed by atoms with van der Waals surface area (Å²) in [5.74, 6) is 0.449. The van der Waals surface area contributed by atoms with E-state index in [9.17, 15) is 4.79 Å². The fourth-order valence-electron chi connectivity index (χ4n) is 1.96. The minimum atomic E-state index is -0.424. The van der Waals surface area contributed by atoms with Crippen molar-refractivity contribution >= 4 is 40.2 Å². The lowest BCUT2D eigenvalue weighted by Crippen LogP contribution is -2.13. The summed E-state index contributed by atoms with van der Waals surface area (Å²) in [7, 11) is 1.36. The summed E-state index contributed by atoms with van der Waals surface area (Å²) >= 11 is 11.6. The fraction of sp³-hybridized carbons (Fsp3) is 0.214. The van der Waals surface area contributed by atoms with E-state index in [2.05, 4.69) is 0 Å². The van der Waals surface area contributed by atoms with Crippen LogP contribution in [0.1, 0.15) is 5.69 Å². The largest absolute Gasteiger partial charge is 0.452 e. The molecule has 0 bridgehead atoms. The number of halogens is 2. The average Bonchev–Trinajstić information content (AvgIpc) is 2.75. The van der Waals surface area contributed by atoms with Crippen molar-refractivity contribution in [2.45, 2.75) is 6.42 Å². The predicted molar refractivity (Wildman–Crippen MR) is 78.3 cm³/mol. The van der Waals surface area contributed by atoms with Gasteiger partial charge in [-0.1, -0.05) is 29.8 Å². The molecule has 0 saturated carbocycles. The Morgan fingerprint density at radius 1 is 1.37 bits per heavy atom. The van der Waals surface area contributed by atoms with Crippen LogP contribution >= 0.6 is 23.2 Å². The molecule has 0 aliphatic heterocycles. The van der Waals surface area contributed by atoms with Crippen molar-refractivity contribution in [3.63, 3.8) is 0 Å². The molecule has 1 aromatic carbocycles. The standard InChI is InChI=1S/C14H13Cl2NO2/c1-19-14(18)17-12(4-2-3-7-15)8-10-5-6-11(16)9-13(10)17/h2-3,5-6,8-9H,4,7H2,1H3/b3-2-. The highest BCUT2D eigenvalue weighted by molar-refractivity contribution is 6.31. The molecule has 19 heavy (non-hydrogen) atoms. The maximum absolute atomic E-state index is 11.9. The van der Waals surface area contributed by atoms with Gasteiger partial charge in [0, 0.05) is 28.4 Å². The fourth-order valence-corrected chi connectivity index (χ4v) is 2.25. The summed E-state index contributed by atoms with van der Waals surface area (Å²) in [6, 6.07) is 7.37. The van der Waals surface area contributed by atoms with E-state index in [-0.39, 0.29) is 0 Å². The highest BCUT2D eigenvalue weighted by atomic mass is 35.5. The normalized spacial score (nSPS) is 11.3. The minimum absolute atomic E-state index is 0.424. The second kappa shape index (κ2) is 6.13. The first kappa shape index (κ1) is 14.0. The van der Waals surface area contributed by atoms with Gasteiger partial charge in [0.1, 0.15) is 0 Å². The second-order valence-electron chi connectivity index (χ2n) is 3.97. The lowest BCUT2D eigenvalue weighted by molar-refractivity contribution is 0.173. The highest BCUT2D eigenvalue weighted by Gasteiger charge is 2.14. The number of carbonyl (C=O) groups excluding carboxylic acids is 1. The highest BCUT2D eigenvalue weighted by Crippen LogP contribution is 2.24. The molecular weight excluding hydrogens is 285 g/mol. The first-order chi connectivity index (χ1) is 9.17. The average molecular weight is 298 g/mol. The van der Waals surface area contributed by atoms with Gasteiger partial charge in [0.15, 0.2) is 0 Å². The zero-order chi connectivity index (χ0) is 13.8. The second-order valence-corrected chi connectivity index (χ2v) is 4.72. The van der Waals surface area contributed by atoms with Gasteiger partial charge in [-0.25, -0.2) is 9.36 Å². The quantitative estimate of drug-likeness (QED) is 0.626. The van der Waals surface area contributed by atoms with Crippen LogP contribution in [0.5, 0.6) is 0 Å². The van der Waals surface area contributed by atoms with Crippen molar-refractivity contribution in [3.8, 4) is 0 Å². The summed E-state index contributed by atoms with van der Waals surface area (Å²) in [5, 5.41) is 1.53. The molecule has 1 heterocycles. The van der Waals surface area contributed by atoms with Crippen molar-refractivity contribution in [2.75, 3.05) is 13.0 Å². The van der Waals surface area contributed by atoms with Crippen LogP contribution in [-0.4, -0.2) is 23.7 Å². The van der Waals surface area contributed by atoms with Crippen LogP contribution in [0.15, 0.2) is 36.4 Å². The Morgan fingerprint density at radius 2 is 2.16 bits per heavy atom. The van der Waals surface area contributed by atoms with Gasteiger partial charge in [-0.3, -0.25) is 0 Å². The van der Waals surface area contributed by atoms with Crippen LogP contribution in [-0.2, 0) is 11.2 Å². The summed E-state index contributed by atoms with van der Waals surface area (Å²) in [6.07, 6.45) is 3.94. The van der Waals surface area contributed by atoms with Crippen LogP contribution in [0.2, 0.25) is 5.02 Å². The van der Waals surface area contributed by atoms with Gasteiger partial charge < -0.3 is 4.74 Å². The van der Waals surface area contributed by atoms with Crippen molar-refractivity contribution in [1.82, 2.24) is 4.57 Å². The number of carbonyl (C=O) groups is 1. The number of ether oxygens (including phenoxy) is 1. The molecule has 2 aromatic rings. The smallest absolute Gasteiger partial charge is 0.418 e. The van der Waals surface area contributed by atoms with Crippen LogP contribution in [0, 0.1) is 0 Å². The first-order valence-electron chi connectivity index (χ1n) is 5.76. The molecule has 3 nitrogen and oxygen atoms in total. The van der Waals surface area contributed by atoms with Gasteiger partial charge >= 0.3 is 6.09 Å². The summed E-state index contributed by atoms with van der Waals surface area (Å²) < 4.78 is 6.35. The van der Waals surface area contributed by atoms with E-state index in [0.29, 0.717) is 17.3 Å². The van der Waals surface area contributed by atoms with Gasteiger partial charge in [0.05, 0.1) is 12.6 Å². The van der Waals surface area contributed by atoms with Crippen molar-refractivity contribution < 1.29 is 9.53 Å². The number of nitrogens with zero attached hydrogens (tertiary/aromatic N) is 1. The monoisotopic (exact) mass is 297 g/mol. The van der Waals surface area contributed by atoms with Crippen LogP contribution in [0.25, 0.3) is 10.9 Å². The summed E-state index contributed by atoms with van der Waals surface area (Å²) in [5.41, 5.74) is 1.58. The van der Waals surface area contributed by atoms with Gasteiger partial charge in [0.25, 0.3) is 0 Å². The Labute approximate surface area is 121 Å². The molecule has 0 aliphatic rings. The first-order valence-corrected chi connectivity index (χ1v) is 6.67. The Morgan fingerprint density at radius 3 is 2.84 bits per heavy atom. The number of aromatic nitrogens is 1. The number of hydrogen-bond acceptors (Lipinski definition) is 2. The van der Waals surface area contributed by atoms with E-state index in [1.807, 2.05) is 24.3 Å². The number of alkyl halides is 1. The summed E-state index contributed by atoms with van der Waals surface area (Å²) in [6.45, 7) is 0. The molecular formula is C14H13Cl2NO2. The Kier molecular flexibility index (Phi) is 4.51. The third-order valence-electron chi connectivity index (χ3n) is 2.78. The third-order valence-corrected chi connectivity index (χ3v) is 3.20. The van der Waals surface area contributed by atoms with E-state index in [0.717, 1.165) is 16.6 Å². The van der Waals surface area contributed by atoms with Crippen LogP contribution in [0.3, 0.4) is 0 Å². The summed E-state index contributed by atoms with van der Waals surface area (Å²) in [4.78, 5) is 11.9. The SMILES string of the molecule is COC(=O)n1c(C/C=C\CCl)cc2ccc(Cl)cc21. The zero-order valence-corrected chi connectivity index (χ0v) is 11.9. The van der Waals surface area contributed by atoms with Crippen molar-refractivity contribution in [1.29, 1.82) is 0 Å². The Balaban J connectivity index is 2.55. The molecule has 0 fully saturated rings. The molecule has 0 unspecified atom stereocenters. The van der Waals surface area contributed by atoms with E-state index in [4.69, 9.17) is 27.9 Å². The van der Waals surface area contributed by atoms with E-state index >= 15 is 0 Å². The minimum Gasteiger partial charge on any atom is -0.452 e. The molecule has 0 atom stereocenters. The molecule has 0 N–H and O–H groups in total. The number of hydrogen-bond donors (Lipinski definition) is 0. The number of fused-ring (bicyclic) bond motifs is 1. The van der Waals surface area contributed by atoms with Gasteiger partial charge in [-0.05, 0) is 18.2 Å². The van der Waals surface area contributed by atoms with Crippen LogP contribution < -0.4 is 0 Å². The molecule has 0 spiro atoms. The molecule has 2 rings (SSSR count). The maximum atomic E-state index is 11.9. The van der Waals surface area contributed by atoms with Gasteiger partial charge in [-0.15, -0.1) is 11.6 Å².